The number of rotatable bonds is 6. The normalized spacial score (nSPS) is 10.8. The maximum Gasteiger partial charge on any atom is 0.306 e. The van der Waals surface area contributed by atoms with Crippen LogP contribution >= 0.6 is 0 Å². The van der Waals surface area contributed by atoms with E-state index in [-0.39, 0.29) is 5.97 Å². The van der Waals surface area contributed by atoms with E-state index in [2.05, 4.69) is 32.6 Å². The molecular weight excluding hydrogens is 242 g/mol. The minimum Gasteiger partial charge on any atom is -0.469 e. The maximum atomic E-state index is 11.0. The molecule has 1 N–H and O–H groups in total. The third kappa shape index (κ3) is 3.12. The van der Waals surface area contributed by atoms with E-state index in [1.54, 1.807) is 0 Å². The zero-order valence-corrected chi connectivity index (χ0v) is 11.3. The van der Waals surface area contributed by atoms with Gasteiger partial charge in [-0.3, -0.25) is 4.79 Å². The van der Waals surface area contributed by atoms with Gasteiger partial charge in [0, 0.05) is 13.1 Å². The highest BCUT2D eigenvalue weighted by Crippen LogP contribution is 2.15. The third-order valence-corrected chi connectivity index (χ3v) is 3.07. The molecule has 0 radical (unpaired) electrons. The van der Waals surface area contributed by atoms with Crippen molar-refractivity contribution in [1.82, 2.24) is 14.9 Å². The Hall–Kier alpha value is -1.88. The van der Waals surface area contributed by atoms with Crippen LogP contribution in [0.2, 0.25) is 0 Å². The first-order valence-electron chi connectivity index (χ1n) is 6.48. The highest BCUT2D eigenvalue weighted by Gasteiger charge is 2.08. The van der Waals surface area contributed by atoms with Crippen LogP contribution in [-0.2, 0) is 22.6 Å². The molecule has 1 aromatic heterocycles. The van der Waals surface area contributed by atoms with Crippen molar-refractivity contribution in [1.29, 1.82) is 0 Å². The quantitative estimate of drug-likeness (QED) is 0.635. The van der Waals surface area contributed by atoms with Gasteiger partial charge in [0.15, 0.2) is 0 Å². The first-order chi connectivity index (χ1) is 9.26. The summed E-state index contributed by atoms with van der Waals surface area (Å²) in [5.41, 5.74) is 2.16. The SMILES string of the molecule is CCn1c(CNCCC(=O)OC)nc2ccccc21. The van der Waals surface area contributed by atoms with E-state index in [0.717, 1.165) is 23.4 Å². The summed E-state index contributed by atoms with van der Waals surface area (Å²) in [7, 11) is 1.40. The van der Waals surface area contributed by atoms with Crippen LogP contribution in [0.1, 0.15) is 19.2 Å². The number of aryl methyl sites for hydroxylation is 1. The molecule has 1 heterocycles. The smallest absolute Gasteiger partial charge is 0.306 e. The van der Waals surface area contributed by atoms with Crippen LogP contribution < -0.4 is 5.32 Å². The highest BCUT2D eigenvalue weighted by atomic mass is 16.5. The van der Waals surface area contributed by atoms with E-state index in [0.29, 0.717) is 19.5 Å². The van der Waals surface area contributed by atoms with Crippen molar-refractivity contribution in [2.45, 2.75) is 26.4 Å². The highest BCUT2D eigenvalue weighted by molar-refractivity contribution is 5.75. The number of para-hydroxylation sites is 2. The number of nitrogens with one attached hydrogen (secondary N) is 1. The Morgan fingerprint density at radius 1 is 1.42 bits per heavy atom. The first-order valence-corrected chi connectivity index (χ1v) is 6.48. The number of imidazole rings is 1. The largest absolute Gasteiger partial charge is 0.469 e. The van der Waals surface area contributed by atoms with E-state index in [1.807, 2.05) is 18.2 Å². The van der Waals surface area contributed by atoms with Crippen LogP contribution in [0, 0.1) is 0 Å². The Labute approximate surface area is 112 Å². The zero-order valence-electron chi connectivity index (χ0n) is 11.3. The molecule has 0 saturated carbocycles. The molecule has 0 bridgehead atoms. The third-order valence-electron chi connectivity index (χ3n) is 3.07. The number of methoxy groups -OCH3 is 1. The summed E-state index contributed by atoms with van der Waals surface area (Å²) >= 11 is 0. The molecule has 0 amide bonds. The van der Waals surface area contributed by atoms with Crippen LogP contribution in [0.15, 0.2) is 24.3 Å². The molecule has 0 aliphatic rings. The molecule has 1 aromatic carbocycles. The lowest BCUT2D eigenvalue weighted by atomic mass is 10.3. The number of benzene rings is 1. The number of ether oxygens (including phenoxy) is 1. The molecule has 5 heteroatoms. The van der Waals surface area contributed by atoms with E-state index >= 15 is 0 Å². The molecule has 102 valence electrons. The number of esters is 1. The predicted octanol–water partition coefficient (Wildman–Crippen LogP) is 1.71. The fraction of sp³-hybridized carbons (Fsp3) is 0.429. The monoisotopic (exact) mass is 261 g/mol. The van der Waals surface area contributed by atoms with Gasteiger partial charge in [-0.25, -0.2) is 4.98 Å². The van der Waals surface area contributed by atoms with Gasteiger partial charge in [-0.05, 0) is 19.1 Å². The van der Waals surface area contributed by atoms with Crippen LogP contribution in [0.5, 0.6) is 0 Å². The van der Waals surface area contributed by atoms with Gasteiger partial charge in [-0.2, -0.15) is 0 Å². The summed E-state index contributed by atoms with van der Waals surface area (Å²) in [5, 5.41) is 3.22. The molecule has 0 saturated heterocycles. The molecule has 5 nitrogen and oxygen atoms in total. The predicted molar refractivity (Wildman–Crippen MR) is 73.7 cm³/mol. The molecular formula is C14H19N3O2. The van der Waals surface area contributed by atoms with Crippen LogP contribution in [0.25, 0.3) is 11.0 Å². The summed E-state index contributed by atoms with van der Waals surface area (Å²) in [4.78, 5) is 15.6. The van der Waals surface area contributed by atoms with Crippen molar-refractivity contribution in [2.24, 2.45) is 0 Å². The second-order valence-corrected chi connectivity index (χ2v) is 4.26. The summed E-state index contributed by atoms with van der Waals surface area (Å²) < 4.78 is 6.78. The van der Waals surface area contributed by atoms with Crippen molar-refractivity contribution < 1.29 is 9.53 Å². The van der Waals surface area contributed by atoms with E-state index in [4.69, 9.17) is 0 Å². The fourth-order valence-electron chi connectivity index (χ4n) is 2.11. The minimum absolute atomic E-state index is 0.198. The number of nitrogens with zero attached hydrogens (tertiary/aromatic N) is 2. The summed E-state index contributed by atoms with van der Waals surface area (Å²) in [6.07, 6.45) is 0.378. The Kier molecular flexibility index (Phi) is 4.52. The van der Waals surface area contributed by atoms with Crippen molar-refractivity contribution in [3.8, 4) is 0 Å². The average Bonchev–Trinajstić information content (AvgIpc) is 2.80. The summed E-state index contributed by atoms with van der Waals surface area (Å²) in [5.74, 6) is 0.796. The standard InChI is InChI=1S/C14H19N3O2/c1-3-17-12-7-5-4-6-11(12)16-13(17)10-15-9-8-14(18)19-2/h4-7,15H,3,8-10H2,1-2H3. The summed E-state index contributed by atoms with van der Waals surface area (Å²) in [6.45, 7) is 4.24. The Balaban J connectivity index is 2.02. The molecule has 0 fully saturated rings. The zero-order chi connectivity index (χ0) is 13.7. The van der Waals surface area contributed by atoms with Crippen molar-refractivity contribution >= 4 is 17.0 Å². The van der Waals surface area contributed by atoms with Crippen LogP contribution in [-0.4, -0.2) is 29.2 Å². The Bertz CT molecular complexity index is 563. The average molecular weight is 261 g/mol. The van der Waals surface area contributed by atoms with Crippen molar-refractivity contribution in [3.05, 3.63) is 30.1 Å². The van der Waals surface area contributed by atoms with Gasteiger partial charge in [0.05, 0.1) is 31.1 Å². The number of fused-ring (bicyclic) bond motifs is 1. The number of aromatic nitrogens is 2. The maximum absolute atomic E-state index is 11.0. The lowest BCUT2D eigenvalue weighted by molar-refractivity contribution is -0.140. The van der Waals surface area contributed by atoms with Crippen molar-refractivity contribution in [2.75, 3.05) is 13.7 Å². The molecule has 0 aliphatic heterocycles. The first kappa shape index (κ1) is 13.5. The number of carbonyl (C=O) groups excluding carboxylic acids is 1. The second-order valence-electron chi connectivity index (χ2n) is 4.26. The molecule has 0 unspecified atom stereocenters. The lowest BCUT2D eigenvalue weighted by Gasteiger charge is -2.07. The summed E-state index contributed by atoms with van der Waals surface area (Å²) in [6, 6.07) is 8.09. The van der Waals surface area contributed by atoms with E-state index in [1.165, 1.54) is 7.11 Å². The number of hydrogen-bond acceptors (Lipinski definition) is 4. The number of hydrogen-bond donors (Lipinski definition) is 1. The molecule has 2 rings (SSSR count). The van der Waals surface area contributed by atoms with E-state index < -0.39 is 0 Å². The lowest BCUT2D eigenvalue weighted by Crippen LogP contribution is -2.20. The molecule has 2 aromatic rings. The Morgan fingerprint density at radius 3 is 2.95 bits per heavy atom. The van der Waals surface area contributed by atoms with Gasteiger partial charge in [-0.1, -0.05) is 12.1 Å². The van der Waals surface area contributed by atoms with Gasteiger partial charge in [0.2, 0.25) is 0 Å². The van der Waals surface area contributed by atoms with Crippen molar-refractivity contribution in [3.63, 3.8) is 0 Å². The van der Waals surface area contributed by atoms with Crippen LogP contribution in [0.4, 0.5) is 0 Å². The van der Waals surface area contributed by atoms with Gasteiger partial charge in [-0.15, -0.1) is 0 Å². The molecule has 0 spiro atoms. The Morgan fingerprint density at radius 2 is 2.21 bits per heavy atom. The topological polar surface area (TPSA) is 56.2 Å². The second kappa shape index (κ2) is 6.33. The minimum atomic E-state index is -0.198. The number of carbonyl (C=O) groups is 1. The fourth-order valence-corrected chi connectivity index (χ4v) is 2.11. The van der Waals surface area contributed by atoms with Crippen LogP contribution in [0.3, 0.4) is 0 Å². The molecule has 0 aliphatic carbocycles. The van der Waals surface area contributed by atoms with Gasteiger partial charge >= 0.3 is 5.97 Å². The van der Waals surface area contributed by atoms with E-state index in [9.17, 15) is 4.79 Å². The van der Waals surface area contributed by atoms with Gasteiger partial charge < -0.3 is 14.6 Å². The van der Waals surface area contributed by atoms with Gasteiger partial charge in [0.1, 0.15) is 5.82 Å². The molecule has 0 atom stereocenters. The van der Waals surface area contributed by atoms with Gasteiger partial charge in [0.25, 0.3) is 0 Å². The molecule has 19 heavy (non-hydrogen) atoms.